The van der Waals surface area contributed by atoms with Gasteiger partial charge in [0, 0.05) is 37.3 Å². The molecule has 2 aliphatic rings. The molecule has 4 rings (SSSR count). The highest BCUT2D eigenvalue weighted by atomic mass is 32.2. The third-order valence-electron chi connectivity index (χ3n) is 5.76. The van der Waals surface area contributed by atoms with E-state index in [0.29, 0.717) is 5.56 Å². The molecule has 0 atom stereocenters. The van der Waals surface area contributed by atoms with Gasteiger partial charge in [0.05, 0.1) is 17.3 Å². The van der Waals surface area contributed by atoms with Gasteiger partial charge >= 0.3 is 5.97 Å². The van der Waals surface area contributed by atoms with Gasteiger partial charge in [-0.05, 0) is 37.3 Å². The summed E-state index contributed by atoms with van der Waals surface area (Å²) >= 11 is 0. The topological polar surface area (TPSA) is 96.9 Å². The molecule has 9 heteroatoms. The Kier molecular flexibility index (Phi) is 5.75. The van der Waals surface area contributed by atoms with Gasteiger partial charge in [-0.3, -0.25) is 9.78 Å². The molecule has 0 bridgehead atoms. The maximum absolute atomic E-state index is 13.0. The minimum Gasteiger partial charge on any atom is -0.452 e. The van der Waals surface area contributed by atoms with E-state index in [1.54, 1.807) is 0 Å². The summed E-state index contributed by atoms with van der Waals surface area (Å²) in [6, 6.07) is 7.50. The SMILES string of the molecule is CS(=O)(=O)N1CCN(C(=O)COC(=O)c2c3c(nc4ccccc24)CCCC3)CC1. The number of hydrogen-bond donors (Lipinski definition) is 0. The lowest BCUT2D eigenvalue weighted by Gasteiger charge is -2.33. The summed E-state index contributed by atoms with van der Waals surface area (Å²) in [5, 5.41) is 0.748. The Labute approximate surface area is 175 Å². The van der Waals surface area contributed by atoms with E-state index in [-0.39, 0.29) is 38.7 Å². The molecule has 1 amide bonds. The van der Waals surface area contributed by atoms with E-state index in [0.717, 1.165) is 54.1 Å². The Balaban J connectivity index is 1.47. The van der Waals surface area contributed by atoms with Gasteiger partial charge in [-0.15, -0.1) is 0 Å². The Morgan fingerprint density at radius 3 is 2.50 bits per heavy atom. The molecule has 160 valence electrons. The van der Waals surface area contributed by atoms with Gasteiger partial charge in [-0.25, -0.2) is 13.2 Å². The monoisotopic (exact) mass is 431 g/mol. The van der Waals surface area contributed by atoms with Crippen LogP contribution in [0.4, 0.5) is 0 Å². The Hall–Kier alpha value is -2.52. The van der Waals surface area contributed by atoms with Crippen molar-refractivity contribution in [2.45, 2.75) is 25.7 Å². The number of benzene rings is 1. The van der Waals surface area contributed by atoms with E-state index in [4.69, 9.17) is 9.72 Å². The molecule has 1 fully saturated rings. The van der Waals surface area contributed by atoms with Gasteiger partial charge in [0.2, 0.25) is 10.0 Å². The number of pyridine rings is 1. The molecule has 0 radical (unpaired) electrons. The zero-order chi connectivity index (χ0) is 21.3. The van der Waals surface area contributed by atoms with Crippen LogP contribution in [-0.4, -0.2) is 73.5 Å². The van der Waals surface area contributed by atoms with Crippen LogP contribution in [-0.2, 0) is 32.4 Å². The number of nitrogens with zero attached hydrogens (tertiary/aromatic N) is 3. The van der Waals surface area contributed by atoms with E-state index in [9.17, 15) is 18.0 Å². The fraction of sp³-hybridized carbons (Fsp3) is 0.476. The van der Waals surface area contributed by atoms with Crippen molar-refractivity contribution in [2.24, 2.45) is 0 Å². The van der Waals surface area contributed by atoms with Crippen molar-refractivity contribution in [3.05, 3.63) is 41.1 Å². The molecule has 1 aliphatic heterocycles. The number of carbonyl (C=O) groups is 2. The van der Waals surface area contributed by atoms with E-state index >= 15 is 0 Å². The average molecular weight is 432 g/mol. The molecule has 8 nitrogen and oxygen atoms in total. The van der Waals surface area contributed by atoms with Gasteiger partial charge in [0.25, 0.3) is 5.91 Å². The molecule has 1 aliphatic carbocycles. The number of para-hydroxylation sites is 1. The Morgan fingerprint density at radius 1 is 1.07 bits per heavy atom. The van der Waals surface area contributed by atoms with E-state index in [1.165, 1.54) is 9.21 Å². The van der Waals surface area contributed by atoms with E-state index in [2.05, 4.69) is 0 Å². The third-order valence-corrected chi connectivity index (χ3v) is 7.06. The number of fused-ring (bicyclic) bond motifs is 2. The lowest BCUT2D eigenvalue weighted by atomic mass is 9.90. The van der Waals surface area contributed by atoms with Crippen LogP contribution < -0.4 is 0 Å². The number of sulfonamides is 1. The van der Waals surface area contributed by atoms with Crippen molar-refractivity contribution >= 4 is 32.8 Å². The Morgan fingerprint density at radius 2 is 1.77 bits per heavy atom. The van der Waals surface area contributed by atoms with Gasteiger partial charge in [-0.2, -0.15) is 4.31 Å². The summed E-state index contributed by atoms with van der Waals surface area (Å²) in [6.07, 6.45) is 4.82. The molecular formula is C21H25N3O5S. The van der Waals surface area contributed by atoms with Crippen LogP contribution in [0, 0.1) is 0 Å². The highest BCUT2D eigenvalue weighted by molar-refractivity contribution is 7.88. The standard InChI is InChI=1S/C21H25N3O5S/c1-30(27,28)24-12-10-23(11-13-24)19(25)14-29-21(26)20-15-6-2-4-8-17(15)22-18-9-5-3-7-16(18)20/h2,4,6,8H,3,5,7,9-14H2,1H3. The van der Waals surface area contributed by atoms with E-state index in [1.807, 2.05) is 24.3 Å². The molecule has 1 saturated heterocycles. The second kappa shape index (κ2) is 8.31. The van der Waals surface area contributed by atoms with Crippen molar-refractivity contribution in [3.63, 3.8) is 0 Å². The van der Waals surface area contributed by atoms with Gasteiger partial charge in [0.15, 0.2) is 6.61 Å². The predicted octanol–water partition coefficient (Wildman–Crippen LogP) is 1.37. The second-order valence-corrected chi connectivity index (χ2v) is 9.74. The molecule has 1 aromatic heterocycles. The van der Waals surface area contributed by atoms with Crippen molar-refractivity contribution in [2.75, 3.05) is 39.0 Å². The first-order valence-corrected chi connectivity index (χ1v) is 12.0. The molecule has 0 spiro atoms. The highest BCUT2D eigenvalue weighted by Crippen LogP contribution is 2.29. The second-order valence-electron chi connectivity index (χ2n) is 7.76. The number of esters is 1. The van der Waals surface area contributed by atoms with Gasteiger partial charge < -0.3 is 9.64 Å². The maximum Gasteiger partial charge on any atom is 0.339 e. The molecule has 2 aromatic rings. The van der Waals surface area contributed by atoms with Crippen LogP contribution in [0.25, 0.3) is 10.9 Å². The van der Waals surface area contributed by atoms with Crippen LogP contribution in [0.2, 0.25) is 0 Å². The molecule has 30 heavy (non-hydrogen) atoms. The minimum atomic E-state index is -3.26. The number of carbonyl (C=O) groups excluding carboxylic acids is 2. The van der Waals surface area contributed by atoms with Crippen LogP contribution in [0.5, 0.6) is 0 Å². The average Bonchev–Trinajstić information content (AvgIpc) is 2.75. The predicted molar refractivity (Wildman–Crippen MR) is 112 cm³/mol. The number of rotatable bonds is 4. The first-order valence-electron chi connectivity index (χ1n) is 10.1. The summed E-state index contributed by atoms with van der Waals surface area (Å²) in [5.74, 6) is -0.821. The number of aryl methyl sites for hydroxylation is 1. The van der Waals surface area contributed by atoms with Crippen LogP contribution in [0.3, 0.4) is 0 Å². The third kappa shape index (κ3) is 4.17. The zero-order valence-electron chi connectivity index (χ0n) is 17.0. The minimum absolute atomic E-state index is 0.251. The fourth-order valence-corrected chi connectivity index (χ4v) is 4.99. The number of hydrogen-bond acceptors (Lipinski definition) is 6. The quantitative estimate of drug-likeness (QED) is 0.679. The smallest absolute Gasteiger partial charge is 0.339 e. The number of piperazine rings is 1. The lowest BCUT2D eigenvalue weighted by Crippen LogP contribution is -2.51. The van der Waals surface area contributed by atoms with Crippen molar-refractivity contribution in [1.29, 1.82) is 0 Å². The normalized spacial score (nSPS) is 17.6. The molecule has 2 heterocycles. The van der Waals surface area contributed by atoms with Gasteiger partial charge in [-0.1, -0.05) is 18.2 Å². The summed E-state index contributed by atoms with van der Waals surface area (Å²) in [6.45, 7) is 0.721. The molecule has 0 unspecified atom stereocenters. The van der Waals surface area contributed by atoms with Crippen LogP contribution >= 0.6 is 0 Å². The summed E-state index contributed by atoms with van der Waals surface area (Å²) in [7, 11) is -3.26. The van der Waals surface area contributed by atoms with Crippen molar-refractivity contribution in [3.8, 4) is 0 Å². The maximum atomic E-state index is 13.0. The molecular weight excluding hydrogens is 406 g/mol. The molecule has 0 N–H and O–H groups in total. The van der Waals surface area contributed by atoms with Gasteiger partial charge in [0.1, 0.15) is 0 Å². The first-order chi connectivity index (χ1) is 14.3. The molecule has 1 aromatic carbocycles. The number of aromatic nitrogens is 1. The Bertz CT molecular complexity index is 1090. The summed E-state index contributed by atoms with van der Waals surface area (Å²) < 4.78 is 30.0. The van der Waals surface area contributed by atoms with Crippen molar-refractivity contribution < 1.29 is 22.7 Å². The summed E-state index contributed by atoms with van der Waals surface area (Å²) in [4.78, 5) is 31.8. The molecule has 0 saturated carbocycles. The number of ether oxygens (including phenoxy) is 1. The van der Waals surface area contributed by atoms with Crippen molar-refractivity contribution in [1.82, 2.24) is 14.2 Å². The largest absolute Gasteiger partial charge is 0.452 e. The zero-order valence-corrected chi connectivity index (χ0v) is 17.8. The van der Waals surface area contributed by atoms with E-state index < -0.39 is 16.0 Å². The lowest BCUT2D eigenvalue weighted by molar-refractivity contribution is -0.135. The number of amides is 1. The van der Waals surface area contributed by atoms with Crippen LogP contribution in [0.1, 0.15) is 34.5 Å². The highest BCUT2D eigenvalue weighted by Gasteiger charge is 2.28. The fourth-order valence-electron chi connectivity index (χ4n) is 4.17. The van der Waals surface area contributed by atoms with Crippen LogP contribution in [0.15, 0.2) is 24.3 Å². The first kappa shape index (κ1) is 20.7. The summed E-state index contributed by atoms with van der Waals surface area (Å²) in [5.41, 5.74) is 3.15.